The Morgan fingerprint density at radius 2 is 2.03 bits per heavy atom. The van der Waals surface area contributed by atoms with Gasteiger partial charge in [0, 0.05) is 23.2 Å². The molecule has 6 nitrogen and oxygen atoms in total. The fourth-order valence-corrected chi connectivity index (χ4v) is 4.73. The fourth-order valence-electron chi connectivity index (χ4n) is 4.51. The molecule has 0 fully saturated rings. The van der Waals surface area contributed by atoms with Gasteiger partial charge in [-0.2, -0.15) is 5.10 Å². The summed E-state index contributed by atoms with van der Waals surface area (Å²) < 4.78 is 15.7. The lowest BCUT2D eigenvalue weighted by Gasteiger charge is -2.27. The van der Waals surface area contributed by atoms with Crippen molar-refractivity contribution in [3.05, 3.63) is 87.4 Å². The SMILES string of the molecule is O=C(N[C@@H]1CCCc2ccccc21)c1cc2n(n1)CCN(Cc1c(F)cccc1Cl)C2=O. The normalized spacial score (nSPS) is 17.6. The van der Waals surface area contributed by atoms with E-state index in [0.29, 0.717) is 18.8 Å². The smallest absolute Gasteiger partial charge is 0.272 e. The van der Waals surface area contributed by atoms with Gasteiger partial charge in [0.15, 0.2) is 5.69 Å². The standard InChI is InChI=1S/C24H22ClFN4O2/c25-18-8-4-9-19(26)17(18)14-29-11-12-30-22(24(29)32)13-21(28-30)23(31)27-20-10-3-6-15-5-1-2-7-16(15)20/h1-2,4-5,7-9,13,20H,3,6,10-12,14H2,(H,27,31)/t20-/m1/s1. The number of carbonyl (C=O) groups excluding carboxylic acids is 2. The molecule has 1 aliphatic heterocycles. The molecular formula is C24H22ClFN4O2. The minimum absolute atomic E-state index is 0.0654. The van der Waals surface area contributed by atoms with E-state index >= 15 is 0 Å². The number of aromatic nitrogens is 2. The molecule has 164 valence electrons. The number of aryl methyl sites for hydroxylation is 1. The van der Waals surface area contributed by atoms with E-state index in [1.807, 2.05) is 18.2 Å². The average molecular weight is 453 g/mol. The molecule has 5 rings (SSSR count). The third-order valence-corrected chi connectivity index (χ3v) is 6.54. The molecule has 2 heterocycles. The van der Waals surface area contributed by atoms with Gasteiger partial charge in [-0.25, -0.2) is 4.39 Å². The van der Waals surface area contributed by atoms with Crippen LogP contribution in [0.15, 0.2) is 48.5 Å². The number of halogens is 2. The molecule has 1 aromatic heterocycles. The lowest BCUT2D eigenvalue weighted by atomic mass is 9.87. The highest BCUT2D eigenvalue weighted by atomic mass is 35.5. The van der Waals surface area contributed by atoms with Crippen LogP contribution in [0.2, 0.25) is 5.02 Å². The first kappa shape index (κ1) is 20.7. The van der Waals surface area contributed by atoms with Crippen molar-refractivity contribution in [3.8, 4) is 0 Å². The quantitative estimate of drug-likeness (QED) is 0.647. The second-order valence-electron chi connectivity index (χ2n) is 8.18. The molecule has 1 N–H and O–H groups in total. The van der Waals surface area contributed by atoms with Gasteiger partial charge in [-0.05, 0) is 42.5 Å². The van der Waals surface area contributed by atoms with Crippen LogP contribution < -0.4 is 5.32 Å². The summed E-state index contributed by atoms with van der Waals surface area (Å²) in [7, 11) is 0. The first-order valence-electron chi connectivity index (χ1n) is 10.7. The lowest BCUT2D eigenvalue weighted by Crippen LogP contribution is -2.40. The van der Waals surface area contributed by atoms with Crippen LogP contribution in [0.1, 0.15) is 56.6 Å². The monoisotopic (exact) mass is 452 g/mol. The molecule has 0 radical (unpaired) electrons. The number of amides is 2. The number of fused-ring (bicyclic) bond motifs is 2. The van der Waals surface area contributed by atoms with Crippen molar-refractivity contribution >= 4 is 23.4 Å². The Bertz CT molecular complexity index is 1190. The number of carbonyl (C=O) groups is 2. The Balaban J connectivity index is 1.33. The first-order valence-corrected chi connectivity index (χ1v) is 11.1. The van der Waals surface area contributed by atoms with Crippen LogP contribution in [-0.2, 0) is 19.5 Å². The summed E-state index contributed by atoms with van der Waals surface area (Å²) in [6.07, 6.45) is 2.89. The molecule has 0 saturated carbocycles. The van der Waals surface area contributed by atoms with Crippen LogP contribution >= 0.6 is 11.6 Å². The van der Waals surface area contributed by atoms with Gasteiger partial charge in [0.2, 0.25) is 0 Å². The van der Waals surface area contributed by atoms with Gasteiger partial charge in [0.1, 0.15) is 11.5 Å². The second kappa shape index (κ2) is 8.39. The van der Waals surface area contributed by atoms with Crippen LogP contribution in [0.3, 0.4) is 0 Å². The van der Waals surface area contributed by atoms with E-state index in [-0.39, 0.29) is 40.7 Å². The second-order valence-corrected chi connectivity index (χ2v) is 8.59. The largest absolute Gasteiger partial charge is 0.344 e. The van der Waals surface area contributed by atoms with Gasteiger partial charge in [0.25, 0.3) is 11.8 Å². The molecule has 0 saturated heterocycles. The predicted molar refractivity (Wildman–Crippen MR) is 118 cm³/mol. The number of nitrogens with one attached hydrogen (secondary N) is 1. The zero-order chi connectivity index (χ0) is 22.2. The molecule has 0 spiro atoms. The van der Waals surface area contributed by atoms with Crippen LogP contribution in [0.4, 0.5) is 4.39 Å². The zero-order valence-electron chi connectivity index (χ0n) is 17.4. The van der Waals surface area contributed by atoms with E-state index in [4.69, 9.17) is 11.6 Å². The highest BCUT2D eigenvalue weighted by molar-refractivity contribution is 6.31. The Morgan fingerprint density at radius 3 is 2.88 bits per heavy atom. The summed E-state index contributed by atoms with van der Waals surface area (Å²) in [5, 5.41) is 7.71. The van der Waals surface area contributed by atoms with Crippen molar-refractivity contribution in [1.29, 1.82) is 0 Å². The molecule has 3 aromatic rings. The van der Waals surface area contributed by atoms with Crippen molar-refractivity contribution in [3.63, 3.8) is 0 Å². The van der Waals surface area contributed by atoms with Crippen LogP contribution in [0.25, 0.3) is 0 Å². The minimum Gasteiger partial charge on any atom is -0.344 e. The predicted octanol–water partition coefficient (Wildman–Crippen LogP) is 4.14. The van der Waals surface area contributed by atoms with Crippen molar-refractivity contribution in [2.75, 3.05) is 6.54 Å². The Morgan fingerprint density at radius 1 is 1.19 bits per heavy atom. The van der Waals surface area contributed by atoms with Gasteiger partial charge in [-0.3, -0.25) is 14.3 Å². The van der Waals surface area contributed by atoms with Gasteiger partial charge >= 0.3 is 0 Å². The lowest BCUT2D eigenvalue weighted by molar-refractivity contribution is 0.0681. The maximum atomic E-state index is 14.2. The minimum atomic E-state index is -0.447. The molecule has 1 atom stereocenters. The maximum Gasteiger partial charge on any atom is 0.272 e. The molecule has 2 amide bonds. The maximum absolute atomic E-state index is 14.2. The highest BCUT2D eigenvalue weighted by Gasteiger charge is 2.30. The number of rotatable bonds is 4. The van der Waals surface area contributed by atoms with E-state index in [0.717, 1.165) is 24.8 Å². The van der Waals surface area contributed by atoms with Crippen LogP contribution in [0, 0.1) is 5.82 Å². The third-order valence-electron chi connectivity index (χ3n) is 6.19. The molecular weight excluding hydrogens is 431 g/mol. The topological polar surface area (TPSA) is 67.2 Å². The number of benzene rings is 2. The summed E-state index contributed by atoms with van der Waals surface area (Å²) in [5.41, 5.74) is 3.20. The molecule has 32 heavy (non-hydrogen) atoms. The molecule has 2 aliphatic rings. The van der Waals surface area contributed by atoms with Crippen molar-refractivity contribution in [2.24, 2.45) is 0 Å². The van der Waals surface area contributed by atoms with Gasteiger partial charge < -0.3 is 10.2 Å². The third kappa shape index (κ3) is 3.77. The summed E-state index contributed by atoms with van der Waals surface area (Å²) in [5.74, 6) is -1.05. The van der Waals surface area contributed by atoms with E-state index in [1.54, 1.807) is 10.7 Å². The number of hydrogen-bond donors (Lipinski definition) is 1. The first-order chi connectivity index (χ1) is 15.5. The summed E-state index contributed by atoms with van der Waals surface area (Å²) >= 11 is 6.12. The van der Waals surface area contributed by atoms with Gasteiger partial charge in [-0.1, -0.05) is 41.9 Å². The van der Waals surface area contributed by atoms with Crippen molar-refractivity contribution < 1.29 is 14.0 Å². The van der Waals surface area contributed by atoms with Crippen molar-refractivity contribution in [1.82, 2.24) is 20.0 Å². The van der Waals surface area contributed by atoms with Crippen LogP contribution in [0.5, 0.6) is 0 Å². The highest BCUT2D eigenvalue weighted by Crippen LogP contribution is 2.30. The zero-order valence-corrected chi connectivity index (χ0v) is 18.1. The number of nitrogens with zero attached hydrogens (tertiary/aromatic N) is 3. The molecule has 2 aromatic carbocycles. The van der Waals surface area contributed by atoms with Crippen LogP contribution in [-0.4, -0.2) is 33.0 Å². The summed E-state index contributed by atoms with van der Waals surface area (Å²) in [6.45, 7) is 0.845. The molecule has 1 aliphatic carbocycles. The average Bonchev–Trinajstić information content (AvgIpc) is 3.24. The summed E-state index contributed by atoms with van der Waals surface area (Å²) in [6, 6.07) is 14.0. The van der Waals surface area contributed by atoms with E-state index in [1.165, 1.54) is 28.7 Å². The van der Waals surface area contributed by atoms with Gasteiger partial charge in [-0.15, -0.1) is 0 Å². The fraction of sp³-hybridized carbons (Fsp3) is 0.292. The van der Waals surface area contributed by atoms with E-state index < -0.39 is 5.82 Å². The molecule has 8 heteroatoms. The van der Waals surface area contributed by atoms with Crippen molar-refractivity contribution in [2.45, 2.75) is 38.4 Å². The van der Waals surface area contributed by atoms with E-state index in [2.05, 4.69) is 16.5 Å². The van der Waals surface area contributed by atoms with E-state index in [9.17, 15) is 14.0 Å². The Hall–Kier alpha value is -3.19. The Labute approximate surface area is 190 Å². The molecule has 0 bridgehead atoms. The number of hydrogen-bond acceptors (Lipinski definition) is 3. The summed E-state index contributed by atoms with van der Waals surface area (Å²) in [4.78, 5) is 27.5. The van der Waals surface area contributed by atoms with Gasteiger partial charge in [0.05, 0.1) is 19.1 Å². The molecule has 0 unspecified atom stereocenters. The Kier molecular flexibility index (Phi) is 5.43.